The van der Waals surface area contributed by atoms with Crippen LogP contribution in [-0.4, -0.2) is 71.9 Å². The lowest BCUT2D eigenvalue weighted by Gasteiger charge is -2.27. The maximum absolute atomic E-state index is 12.7. The van der Waals surface area contributed by atoms with Gasteiger partial charge in [0.1, 0.15) is 11.8 Å². The van der Waals surface area contributed by atoms with E-state index in [0.29, 0.717) is 19.8 Å². The zero-order valence-corrected chi connectivity index (χ0v) is 16.7. The standard InChI is InChI=1S/C21H31N3O5/c25-14-19(21(28)22-17-4-2-1-3-5-17)23-20(27)16-10-15(11-18(26)12-16)13-24-6-8-29-9-7-24/h10-12,17,19,25-26H,1-9,13-14H2,(H,22,28)(H,23,27)/t19-/m0/s1. The van der Waals surface area contributed by atoms with Crippen molar-refractivity contribution < 1.29 is 24.5 Å². The van der Waals surface area contributed by atoms with Crippen LogP contribution in [0.1, 0.15) is 48.0 Å². The molecule has 4 N–H and O–H groups in total. The first-order chi connectivity index (χ1) is 14.0. The third-order valence-corrected chi connectivity index (χ3v) is 5.51. The van der Waals surface area contributed by atoms with Crippen LogP contribution in [-0.2, 0) is 16.1 Å². The number of phenols is 1. The summed E-state index contributed by atoms with van der Waals surface area (Å²) in [6, 6.07) is 3.78. The summed E-state index contributed by atoms with van der Waals surface area (Å²) in [7, 11) is 0. The van der Waals surface area contributed by atoms with Gasteiger partial charge in [-0.1, -0.05) is 19.3 Å². The van der Waals surface area contributed by atoms with Crippen molar-refractivity contribution in [3.63, 3.8) is 0 Å². The molecule has 1 aromatic rings. The first kappa shape index (κ1) is 21.5. The normalized spacial score (nSPS) is 19.5. The van der Waals surface area contributed by atoms with E-state index in [1.54, 1.807) is 12.1 Å². The first-order valence-electron chi connectivity index (χ1n) is 10.4. The van der Waals surface area contributed by atoms with E-state index in [-0.39, 0.29) is 23.3 Å². The largest absolute Gasteiger partial charge is 0.508 e. The minimum absolute atomic E-state index is 0.00637. The third kappa shape index (κ3) is 6.42. The number of nitrogens with zero attached hydrogens (tertiary/aromatic N) is 1. The van der Waals surface area contributed by atoms with Gasteiger partial charge in [-0.05, 0) is 36.6 Å². The molecule has 8 nitrogen and oxygen atoms in total. The van der Waals surface area contributed by atoms with Crippen LogP contribution in [0.15, 0.2) is 18.2 Å². The molecule has 2 amide bonds. The number of hydrogen-bond acceptors (Lipinski definition) is 6. The minimum Gasteiger partial charge on any atom is -0.508 e. The van der Waals surface area contributed by atoms with E-state index in [0.717, 1.165) is 44.3 Å². The SMILES string of the molecule is O=C(N[C@@H](CO)C(=O)NC1CCCCC1)c1cc(O)cc(CN2CCOCC2)c1. The first-order valence-corrected chi connectivity index (χ1v) is 10.4. The Hall–Kier alpha value is -2.16. The van der Waals surface area contributed by atoms with Gasteiger partial charge < -0.3 is 25.6 Å². The minimum atomic E-state index is -1.02. The molecular weight excluding hydrogens is 374 g/mol. The predicted octanol–water partition coefficient (Wildman–Crippen LogP) is 0.764. The highest BCUT2D eigenvalue weighted by molar-refractivity contribution is 5.98. The van der Waals surface area contributed by atoms with Crippen LogP contribution in [0.5, 0.6) is 5.75 Å². The van der Waals surface area contributed by atoms with Crippen LogP contribution < -0.4 is 10.6 Å². The number of ether oxygens (including phenoxy) is 1. The van der Waals surface area contributed by atoms with Crippen LogP contribution in [0.25, 0.3) is 0 Å². The van der Waals surface area contributed by atoms with Gasteiger partial charge in [-0.15, -0.1) is 0 Å². The zero-order valence-electron chi connectivity index (χ0n) is 16.7. The number of aliphatic hydroxyl groups is 1. The average molecular weight is 405 g/mol. The average Bonchev–Trinajstić information content (AvgIpc) is 2.72. The van der Waals surface area contributed by atoms with Gasteiger partial charge in [-0.25, -0.2) is 0 Å². The number of carbonyl (C=O) groups excluding carboxylic acids is 2. The second kappa shape index (κ2) is 10.6. The van der Waals surface area contributed by atoms with Crippen LogP contribution in [0.4, 0.5) is 0 Å². The Morgan fingerprint density at radius 2 is 1.86 bits per heavy atom. The number of nitrogens with one attached hydrogen (secondary N) is 2. The van der Waals surface area contributed by atoms with E-state index in [4.69, 9.17) is 4.74 Å². The fourth-order valence-electron chi connectivity index (χ4n) is 3.90. The molecule has 2 aliphatic rings. The molecule has 1 aliphatic heterocycles. The smallest absolute Gasteiger partial charge is 0.252 e. The molecule has 29 heavy (non-hydrogen) atoms. The third-order valence-electron chi connectivity index (χ3n) is 5.51. The van der Waals surface area contributed by atoms with Crippen molar-refractivity contribution >= 4 is 11.8 Å². The molecule has 1 atom stereocenters. The molecule has 1 aliphatic carbocycles. The maximum Gasteiger partial charge on any atom is 0.252 e. The summed E-state index contributed by atoms with van der Waals surface area (Å²) in [6.07, 6.45) is 5.19. The van der Waals surface area contributed by atoms with Crippen molar-refractivity contribution in [1.82, 2.24) is 15.5 Å². The number of benzene rings is 1. The van der Waals surface area contributed by atoms with E-state index < -0.39 is 18.6 Å². The molecule has 3 rings (SSSR count). The van der Waals surface area contributed by atoms with E-state index in [1.165, 1.54) is 12.5 Å². The number of hydrogen-bond donors (Lipinski definition) is 4. The van der Waals surface area contributed by atoms with E-state index in [1.807, 2.05) is 0 Å². The summed E-state index contributed by atoms with van der Waals surface area (Å²) >= 11 is 0. The number of aliphatic hydroxyl groups excluding tert-OH is 1. The molecule has 0 spiro atoms. The van der Waals surface area contributed by atoms with E-state index in [2.05, 4.69) is 15.5 Å². The van der Waals surface area contributed by atoms with E-state index in [9.17, 15) is 19.8 Å². The monoisotopic (exact) mass is 405 g/mol. The summed E-state index contributed by atoms with van der Waals surface area (Å²) in [4.78, 5) is 27.3. The van der Waals surface area contributed by atoms with Crippen molar-refractivity contribution in [2.75, 3.05) is 32.9 Å². The van der Waals surface area contributed by atoms with E-state index >= 15 is 0 Å². The Balaban J connectivity index is 1.61. The maximum atomic E-state index is 12.7. The lowest BCUT2D eigenvalue weighted by Crippen LogP contribution is -2.51. The highest BCUT2D eigenvalue weighted by Crippen LogP contribution is 2.19. The quantitative estimate of drug-likeness (QED) is 0.533. The number of morpholine rings is 1. The summed E-state index contributed by atoms with van der Waals surface area (Å²) in [5.41, 5.74) is 1.07. The molecule has 0 unspecified atom stereocenters. The summed E-state index contributed by atoms with van der Waals surface area (Å²) in [6.45, 7) is 3.05. The van der Waals surface area contributed by atoms with Crippen molar-refractivity contribution in [2.24, 2.45) is 0 Å². The van der Waals surface area contributed by atoms with Crippen LogP contribution in [0.3, 0.4) is 0 Å². The molecule has 160 valence electrons. The summed E-state index contributed by atoms with van der Waals surface area (Å²) in [5.74, 6) is -0.878. The van der Waals surface area contributed by atoms with Gasteiger partial charge in [0, 0.05) is 31.2 Å². The van der Waals surface area contributed by atoms with Crippen LogP contribution in [0.2, 0.25) is 0 Å². The van der Waals surface area contributed by atoms with Gasteiger partial charge in [0.2, 0.25) is 5.91 Å². The molecule has 1 saturated carbocycles. The Morgan fingerprint density at radius 3 is 2.55 bits per heavy atom. The number of carbonyl (C=O) groups is 2. The van der Waals surface area contributed by atoms with Crippen LogP contribution >= 0.6 is 0 Å². The van der Waals surface area contributed by atoms with Crippen molar-refractivity contribution in [2.45, 2.75) is 50.7 Å². The highest BCUT2D eigenvalue weighted by atomic mass is 16.5. The molecular formula is C21H31N3O5. The molecule has 0 bridgehead atoms. The van der Waals surface area contributed by atoms with Gasteiger partial charge in [-0.2, -0.15) is 0 Å². The molecule has 2 fully saturated rings. The van der Waals surface area contributed by atoms with Gasteiger partial charge in [0.05, 0.1) is 19.8 Å². The molecule has 0 aromatic heterocycles. The topological polar surface area (TPSA) is 111 Å². The second-order valence-corrected chi connectivity index (χ2v) is 7.83. The van der Waals surface area contributed by atoms with Gasteiger partial charge in [-0.3, -0.25) is 14.5 Å². The number of aromatic hydroxyl groups is 1. The molecule has 1 aromatic carbocycles. The molecule has 0 radical (unpaired) electrons. The predicted molar refractivity (Wildman–Crippen MR) is 108 cm³/mol. The Bertz CT molecular complexity index is 700. The van der Waals surface area contributed by atoms with Crippen molar-refractivity contribution in [1.29, 1.82) is 0 Å². The van der Waals surface area contributed by atoms with Gasteiger partial charge in [0.15, 0.2) is 0 Å². The summed E-state index contributed by atoms with van der Waals surface area (Å²) < 4.78 is 5.34. The fraction of sp³-hybridized carbons (Fsp3) is 0.619. The molecule has 1 heterocycles. The number of rotatable bonds is 7. The number of phenolic OH excluding ortho intramolecular Hbond substituents is 1. The highest BCUT2D eigenvalue weighted by Gasteiger charge is 2.24. The van der Waals surface area contributed by atoms with Gasteiger partial charge in [0.25, 0.3) is 5.91 Å². The van der Waals surface area contributed by atoms with Crippen LogP contribution in [0, 0.1) is 0 Å². The summed E-state index contributed by atoms with van der Waals surface area (Å²) in [5, 5.41) is 25.1. The van der Waals surface area contributed by atoms with Crippen molar-refractivity contribution in [3.8, 4) is 5.75 Å². The molecule has 8 heteroatoms. The molecule has 1 saturated heterocycles. The Kier molecular flexibility index (Phi) is 7.85. The number of amides is 2. The second-order valence-electron chi connectivity index (χ2n) is 7.83. The Labute approximate surface area is 171 Å². The fourth-order valence-corrected chi connectivity index (χ4v) is 3.90. The lowest BCUT2D eigenvalue weighted by molar-refractivity contribution is -0.124. The zero-order chi connectivity index (χ0) is 20.6. The lowest BCUT2D eigenvalue weighted by atomic mass is 9.95. The van der Waals surface area contributed by atoms with Gasteiger partial charge >= 0.3 is 0 Å². The van der Waals surface area contributed by atoms with Crippen molar-refractivity contribution in [3.05, 3.63) is 29.3 Å². The Morgan fingerprint density at radius 1 is 1.14 bits per heavy atom.